The molecule has 4 aromatic rings. The second kappa shape index (κ2) is 8.10. The zero-order chi connectivity index (χ0) is 21.3. The molecule has 2 heterocycles. The first-order valence-electron chi connectivity index (χ1n) is 8.78. The average molecular weight is 440 g/mol. The SMILES string of the molecule is Cc1ccc(Cl)cc1-c1ccc(/C=N\NC(=O)c2cc3cc([N+](=O)[O-])ccc3s2)o1. The fraction of sp³-hybridized carbons (Fsp3) is 0.0476. The summed E-state index contributed by atoms with van der Waals surface area (Å²) in [6.45, 7) is 1.96. The largest absolute Gasteiger partial charge is 0.455 e. The van der Waals surface area contributed by atoms with Crippen LogP contribution in [0.25, 0.3) is 21.4 Å². The number of nitro groups is 1. The maximum absolute atomic E-state index is 12.3. The van der Waals surface area contributed by atoms with Crippen molar-refractivity contribution in [2.45, 2.75) is 6.92 Å². The van der Waals surface area contributed by atoms with E-state index in [0.29, 0.717) is 26.8 Å². The average Bonchev–Trinajstić information content (AvgIpc) is 3.36. The van der Waals surface area contributed by atoms with Gasteiger partial charge in [0.25, 0.3) is 11.6 Å². The van der Waals surface area contributed by atoms with E-state index in [1.165, 1.54) is 29.7 Å². The number of non-ortho nitro benzene ring substituents is 1. The van der Waals surface area contributed by atoms with Gasteiger partial charge in [-0.2, -0.15) is 5.10 Å². The molecule has 30 heavy (non-hydrogen) atoms. The van der Waals surface area contributed by atoms with Gasteiger partial charge in [-0.3, -0.25) is 14.9 Å². The third kappa shape index (κ3) is 4.10. The molecule has 0 radical (unpaired) electrons. The Morgan fingerprint density at radius 2 is 2.03 bits per heavy atom. The van der Waals surface area contributed by atoms with Crippen LogP contribution in [0, 0.1) is 17.0 Å². The molecule has 9 heteroatoms. The summed E-state index contributed by atoms with van der Waals surface area (Å²) in [5, 5.41) is 16.1. The Balaban J connectivity index is 1.46. The number of carbonyl (C=O) groups excluding carboxylic acids is 1. The highest BCUT2D eigenvalue weighted by molar-refractivity contribution is 7.20. The number of halogens is 1. The summed E-state index contributed by atoms with van der Waals surface area (Å²) < 4.78 is 6.54. The molecule has 0 atom stereocenters. The highest BCUT2D eigenvalue weighted by atomic mass is 35.5. The van der Waals surface area contributed by atoms with E-state index in [1.54, 1.807) is 24.3 Å². The number of carbonyl (C=O) groups is 1. The number of thiophene rings is 1. The number of benzene rings is 2. The van der Waals surface area contributed by atoms with Crippen molar-refractivity contribution in [2.75, 3.05) is 0 Å². The molecule has 0 saturated heterocycles. The van der Waals surface area contributed by atoms with Crippen LogP contribution >= 0.6 is 22.9 Å². The fourth-order valence-corrected chi connectivity index (χ4v) is 4.00. The van der Waals surface area contributed by atoms with Crippen LogP contribution in [-0.4, -0.2) is 17.0 Å². The minimum atomic E-state index is -0.469. The zero-order valence-corrected chi connectivity index (χ0v) is 17.2. The van der Waals surface area contributed by atoms with Crippen LogP contribution in [-0.2, 0) is 0 Å². The Hall–Kier alpha value is -3.49. The molecule has 0 bridgehead atoms. The Morgan fingerprint density at radius 1 is 1.20 bits per heavy atom. The molecular weight excluding hydrogens is 426 g/mol. The lowest BCUT2D eigenvalue weighted by atomic mass is 10.1. The van der Waals surface area contributed by atoms with Crippen molar-refractivity contribution in [3.05, 3.63) is 85.9 Å². The Labute approximate surface area is 179 Å². The fourth-order valence-electron chi connectivity index (χ4n) is 2.89. The third-order valence-electron chi connectivity index (χ3n) is 4.38. The zero-order valence-electron chi connectivity index (χ0n) is 15.6. The lowest BCUT2D eigenvalue weighted by molar-refractivity contribution is -0.384. The van der Waals surface area contributed by atoms with Crippen molar-refractivity contribution in [1.29, 1.82) is 0 Å². The first-order valence-corrected chi connectivity index (χ1v) is 9.98. The summed E-state index contributed by atoms with van der Waals surface area (Å²) >= 11 is 7.29. The summed E-state index contributed by atoms with van der Waals surface area (Å²) in [5.74, 6) is 0.707. The molecule has 0 saturated carbocycles. The molecule has 150 valence electrons. The van der Waals surface area contributed by atoms with Gasteiger partial charge in [-0.15, -0.1) is 11.3 Å². The second-order valence-corrected chi connectivity index (χ2v) is 7.97. The number of nitrogens with zero attached hydrogens (tertiary/aromatic N) is 2. The molecule has 0 aliphatic carbocycles. The van der Waals surface area contributed by atoms with Crippen molar-refractivity contribution in [3.8, 4) is 11.3 Å². The second-order valence-electron chi connectivity index (χ2n) is 6.45. The Morgan fingerprint density at radius 3 is 2.83 bits per heavy atom. The summed E-state index contributed by atoms with van der Waals surface area (Å²) in [7, 11) is 0. The standard InChI is InChI=1S/C21H14ClN3O4S/c1-12-2-3-14(22)10-17(12)18-6-5-16(29-18)11-23-24-21(26)20-9-13-8-15(25(27)28)4-7-19(13)30-20/h2-11H,1H3,(H,24,26)/b23-11-. The van der Waals surface area contributed by atoms with Gasteiger partial charge < -0.3 is 4.42 Å². The molecule has 0 aliphatic rings. The molecule has 2 aromatic heterocycles. The topological polar surface area (TPSA) is 97.7 Å². The third-order valence-corrected chi connectivity index (χ3v) is 5.73. The van der Waals surface area contributed by atoms with Crippen molar-refractivity contribution in [3.63, 3.8) is 0 Å². The van der Waals surface area contributed by atoms with Gasteiger partial charge in [0.15, 0.2) is 0 Å². The number of aryl methyl sites for hydroxylation is 1. The number of furan rings is 1. The molecule has 1 N–H and O–H groups in total. The van der Waals surface area contributed by atoms with Gasteiger partial charge in [-0.1, -0.05) is 17.7 Å². The molecular formula is C21H14ClN3O4S. The van der Waals surface area contributed by atoms with E-state index in [4.69, 9.17) is 16.0 Å². The Kier molecular flexibility index (Phi) is 5.35. The van der Waals surface area contributed by atoms with E-state index in [2.05, 4.69) is 10.5 Å². The van der Waals surface area contributed by atoms with Gasteiger partial charge in [0.1, 0.15) is 11.5 Å². The van der Waals surface area contributed by atoms with Crippen LogP contribution in [0.15, 0.2) is 64.1 Å². The normalized spacial score (nSPS) is 11.3. The maximum Gasteiger partial charge on any atom is 0.281 e. The number of hydrazone groups is 1. The van der Waals surface area contributed by atoms with Crippen molar-refractivity contribution >= 4 is 50.8 Å². The number of amides is 1. The predicted molar refractivity (Wildman–Crippen MR) is 117 cm³/mol. The monoisotopic (exact) mass is 439 g/mol. The van der Waals surface area contributed by atoms with Crippen LogP contribution in [0.2, 0.25) is 5.02 Å². The van der Waals surface area contributed by atoms with E-state index in [0.717, 1.165) is 15.8 Å². The minimum Gasteiger partial charge on any atom is -0.455 e. The minimum absolute atomic E-state index is 0.0196. The lowest BCUT2D eigenvalue weighted by Gasteiger charge is -2.02. The molecule has 7 nitrogen and oxygen atoms in total. The van der Waals surface area contributed by atoms with E-state index >= 15 is 0 Å². The smallest absolute Gasteiger partial charge is 0.281 e. The molecule has 0 unspecified atom stereocenters. The van der Waals surface area contributed by atoms with Crippen LogP contribution in [0.3, 0.4) is 0 Å². The molecule has 0 aliphatic heterocycles. The van der Waals surface area contributed by atoms with Gasteiger partial charge in [-0.25, -0.2) is 5.43 Å². The van der Waals surface area contributed by atoms with Crippen LogP contribution < -0.4 is 5.43 Å². The van der Waals surface area contributed by atoms with Gasteiger partial charge in [-0.05, 0) is 48.9 Å². The summed E-state index contributed by atoms with van der Waals surface area (Å²) in [6.07, 6.45) is 1.40. The van der Waals surface area contributed by atoms with Crippen molar-refractivity contribution in [2.24, 2.45) is 5.10 Å². The summed E-state index contributed by atoms with van der Waals surface area (Å²) in [6, 6.07) is 15.2. The molecule has 0 spiro atoms. The van der Waals surface area contributed by atoms with Crippen LogP contribution in [0.4, 0.5) is 5.69 Å². The van der Waals surface area contributed by atoms with Gasteiger partial charge in [0.05, 0.1) is 16.0 Å². The van der Waals surface area contributed by atoms with Crippen molar-refractivity contribution in [1.82, 2.24) is 5.43 Å². The highest BCUT2D eigenvalue weighted by Gasteiger charge is 2.13. The molecule has 0 fully saturated rings. The molecule has 1 amide bonds. The van der Waals surface area contributed by atoms with Gasteiger partial charge in [0.2, 0.25) is 0 Å². The first kappa shape index (κ1) is 19.8. The van der Waals surface area contributed by atoms with Crippen molar-refractivity contribution < 1.29 is 14.1 Å². The van der Waals surface area contributed by atoms with Crippen LogP contribution in [0.1, 0.15) is 21.0 Å². The number of hydrogen-bond acceptors (Lipinski definition) is 6. The number of rotatable bonds is 5. The van der Waals surface area contributed by atoms with E-state index < -0.39 is 10.8 Å². The molecule has 2 aromatic carbocycles. The van der Waals surface area contributed by atoms with Crippen LogP contribution in [0.5, 0.6) is 0 Å². The maximum atomic E-state index is 12.3. The van der Waals surface area contributed by atoms with E-state index in [1.807, 2.05) is 25.1 Å². The first-order chi connectivity index (χ1) is 14.4. The Bertz CT molecular complexity index is 1310. The highest BCUT2D eigenvalue weighted by Crippen LogP contribution is 2.29. The number of nitrogens with one attached hydrogen (secondary N) is 1. The van der Waals surface area contributed by atoms with E-state index in [-0.39, 0.29) is 5.69 Å². The number of fused-ring (bicyclic) bond motifs is 1. The summed E-state index contributed by atoms with van der Waals surface area (Å²) in [4.78, 5) is 23.2. The molecule has 4 rings (SSSR count). The quantitative estimate of drug-likeness (QED) is 0.241. The van der Waals surface area contributed by atoms with Gasteiger partial charge >= 0.3 is 0 Å². The number of hydrogen-bond donors (Lipinski definition) is 1. The summed E-state index contributed by atoms with van der Waals surface area (Å²) in [5.41, 5.74) is 4.33. The van der Waals surface area contributed by atoms with Gasteiger partial charge in [0, 0.05) is 32.8 Å². The lowest BCUT2D eigenvalue weighted by Crippen LogP contribution is -2.15. The van der Waals surface area contributed by atoms with E-state index in [9.17, 15) is 14.9 Å². The predicted octanol–water partition coefficient (Wildman–Crippen LogP) is 5.80. The number of nitro benzene ring substituents is 1.